The first-order chi connectivity index (χ1) is 8.84. The number of nitrogens with one attached hydrogen (secondary N) is 1. The fraction of sp³-hybridized carbons (Fsp3) is 0.294. The molecule has 1 N–H and O–H groups in total. The minimum absolute atomic E-state index is 0.967. The summed E-state index contributed by atoms with van der Waals surface area (Å²) in [5, 5.41) is 3.49. The molecule has 0 saturated heterocycles. The topological polar surface area (TPSA) is 12.0 Å². The van der Waals surface area contributed by atoms with Gasteiger partial charge in [-0.3, -0.25) is 0 Å². The van der Waals surface area contributed by atoms with E-state index in [4.69, 9.17) is 0 Å². The normalized spacial score (nSPS) is 10.5. The Morgan fingerprint density at radius 1 is 0.833 bits per heavy atom. The Balaban J connectivity index is 1.63. The molecule has 1 nitrogen and oxygen atoms in total. The van der Waals surface area contributed by atoms with Crippen LogP contribution in [0.15, 0.2) is 54.6 Å². The van der Waals surface area contributed by atoms with Crippen molar-refractivity contribution in [3.8, 4) is 0 Å². The Labute approximate surface area is 110 Å². The van der Waals surface area contributed by atoms with Crippen molar-refractivity contribution in [2.75, 3.05) is 6.54 Å². The van der Waals surface area contributed by atoms with E-state index < -0.39 is 0 Å². The van der Waals surface area contributed by atoms with Gasteiger partial charge in [-0.2, -0.15) is 0 Å². The fourth-order valence-corrected chi connectivity index (χ4v) is 2.00. The maximum atomic E-state index is 3.49. The van der Waals surface area contributed by atoms with Gasteiger partial charge in [0.15, 0.2) is 0 Å². The first-order valence-electron chi connectivity index (χ1n) is 6.65. The van der Waals surface area contributed by atoms with E-state index in [-0.39, 0.29) is 0 Å². The third-order valence-electron chi connectivity index (χ3n) is 3.11. The third-order valence-corrected chi connectivity index (χ3v) is 3.11. The summed E-state index contributed by atoms with van der Waals surface area (Å²) in [5.74, 6) is 0. The molecule has 1 heteroatoms. The molecular weight excluding hydrogens is 218 g/mol. The third kappa shape index (κ3) is 4.34. The lowest BCUT2D eigenvalue weighted by molar-refractivity contribution is 0.649. The molecule has 0 atom stereocenters. The van der Waals surface area contributed by atoms with E-state index in [1.807, 2.05) is 0 Å². The molecule has 0 radical (unpaired) electrons. The van der Waals surface area contributed by atoms with Crippen molar-refractivity contribution in [2.24, 2.45) is 0 Å². The van der Waals surface area contributed by atoms with Crippen LogP contribution in [0.4, 0.5) is 0 Å². The Bertz CT molecular complexity index is 445. The molecule has 2 aromatic carbocycles. The van der Waals surface area contributed by atoms with E-state index in [2.05, 4.69) is 66.8 Å². The Morgan fingerprint density at radius 2 is 1.56 bits per heavy atom. The summed E-state index contributed by atoms with van der Waals surface area (Å²) in [6.07, 6.45) is 2.34. The second-order valence-electron chi connectivity index (χ2n) is 4.75. The molecule has 0 aliphatic carbocycles. The van der Waals surface area contributed by atoms with Gasteiger partial charge in [0, 0.05) is 6.54 Å². The summed E-state index contributed by atoms with van der Waals surface area (Å²) in [4.78, 5) is 0. The van der Waals surface area contributed by atoms with E-state index in [1.165, 1.54) is 23.1 Å². The fourth-order valence-electron chi connectivity index (χ4n) is 2.00. The van der Waals surface area contributed by atoms with Crippen LogP contribution < -0.4 is 5.32 Å². The van der Waals surface area contributed by atoms with Crippen LogP contribution >= 0.6 is 0 Å². The molecule has 0 aliphatic rings. The van der Waals surface area contributed by atoms with Gasteiger partial charge in [-0.15, -0.1) is 0 Å². The monoisotopic (exact) mass is 239 g/mol. The first kappa shape index (κ1) is 12.8. The molecule has 0 spiro atoms. The second-order valence-corrected chi connectivity index (χ2v) is 4.75. The molecule has 0 bridgehead atoms. The summed E-state index contributed by atoms with van der Waals surface area (Å²) < 4.78 is 0. The average molecular weight is 239 g/mol. The molecule has 0 unspecified atom stereocenters. The molecule has 18 heavy (non-hydrogen) atoms. The van der Waals surface area contributed by atoms with E-state index >= 15 is 0 Å². The van der Waals surface area contributed by atoms with Gasteiger partial charge in [0.05, 0.1) is 0 Å². The van der Waals surface area contributed by atoms with E-state index in [0.717, 1.165) is 19.5 Å². The second kappa shape index (κ2) is 6.97. The quantitative estimate of drug-likeness (QED) is 0.758. The Hall–Kier alpha value is -1.60. The lowest BCUT2D eigenvalue weighted by Crippen LogP contribution is -2.15. The van der Waals surface area contributed by atoms with Gasteiger partial charge in [-0.1, -0.05) is 60.2 Å². The zero-order valence-electron chi connectivity index (χ0n) is 11.0. The summed E-state index contributed by atoms with van der Waals surface area (Å²) >= 11 is 0. The molecular formula is C17H21N. The standard InChI is InChI=1S/C17H21N/c1-15-9-11-17(12-10-15)14-18-13-5-8-16-6-3-2-4-7-16/h2-4,6-7,9-12,18H,5,8,13-14H2,1H3. The van der Waals surface area contributed by atoms with Crippen LogP contribution in [0.3, 0.4) is 0 Å². The zero-order chi connectivity index (χ0) is 12.6. The van der Waals surface area contributed by atoms with Gasteiger partial charge < -0.3 is 5.32 Å². The SMILES string of the molecule is Cc1ccc(CNCCCc2ccccc2)cc1. The highest BCUT2D eigenvalue weighted by Gasteiger charge is 1.94. The first-order valence-corrected chi connectivity index (χ1v) is 6.65. The van der Waals surface area contributed by atoms with Crippen molar-refractivity contribution in [1.29, 1.82) is 0 Å². The Morgan fingerprint density at radius 3 is 2.28 bits per heavy atom. The largest absolute Gasteiger partial charge is 0.313 e. The molecule has 2 aromatic rings. The summed E-state index contributed by atoms with van der Waals surface area (Å²) in [6, 6.07) is 19.4. The molecule has 0 saturated carbocycles. The highest BCUT2D eigenvalue weighted by molar-refractivity contribution is 5.21. The number of rotatable bonds is 6. The van der Waals surface area contributed by atoms with Crippen LogP contribution in [0.2, 0.25) is 0 Å². The van der Waals surface area contributed by atoms with E-state index in [1.54, 1.807) is 0 Å². The van der Waals surface area contributed by atoms with Gasteiger partial charge in [-0.25, -0.2) is 0 Å². The van der Waals surface area contributed by atoms with Gasteiger partial charge >= 0.3 is 0 Å². The summed E-state index contributed by atoms with van der Waals surface area (Å²) in [6.45, 7) is 4.16. The van der Waals surface area contributed by atoms with Crippen LogP contribution in [0, 0.1) is 6.92 Å². The number of aryl methyl sites for hydroxylation is 2. The molecule has 0 aromatic heterocycles. The van der Waals surface area contributed by atoms with Crippen molar-refractivity contribution < 1.29 is 0 Å². The van der Waals surface area contributed by atoms with Crippen molar-refractivity contribution in [3.63, 3.8) is 0 Å². The van der Waals surface area contributed by atoms with Crippen molar-refractivity contribution in [3.05, 3.63) is 71.3 Å². The van der Waals surface area contributed by atoms with Crippen LogP contribution in [-0.2, 0) is 13.0 Å². The lowest BCUT2D eigenvalue weighted by atomic mass is 10.1. The molecule has 0 amide bonds. The van der Waals surface area contributed by atoms with Crippen LogP contribution in [-0.4, -0.2) is 6.54 Å². The van der Waals surface area contributed by atoms with Crippen molar-refractivity contribution in [1.82, 2.24) is 5.32 Å². The highest BCUT2D eigenvalue weighted by atomic mass is 14.8. The van der Waals surface area contributed by atoms with Crippen molar-refractivity contribution >= 4 is 0 Å². The zero-order valence-corrected chi connectivity index (χ0v) is 11.0. The Kier molecular flexibility index (Phi) is 4.98. The van der Waals surface area contributed by atoms with E-state index in [0.29, 0.717) is 0 Å². The smallest absolute Gasteiger partial charge is 0.0205 e. The maximum Gasteiger partial charge on any atom is 0.0205 e. The minimum Gasteiger partial charge on any atom is -0.313 e. The summed E-state index contributed by atoms with van der Waals surface area (Å²) in [5.41, 5.74) is 4.11. The van der Waals surface area contributed by atoms with Crippen LogP contribution in [0.25, 0.3) is 0 Å². The molecule has 0 fully saturated rings. The average Bonchev–Trinajstić information content (AvgIpc) is 2.42. The predicted molar refractivity (Wildman–Crippen MR) is 77.6 cm³/mol. The van der Waals surface area contributed by atoms with E-state index in [9.17, 15) is 0 Å². The highest BCUT2D eigenvalue weighted by Crippen LogP contribution is 2.03. The van der Waals surface area contributed by atoms with Gasteiger partial charge in [-0.05, 0) is 37.4 Å². The lowest BCUT2D eigenvalue weighted by Gasteiger charge is -2.05. The minimum atomic E-state index is 0.967. The van der Waals surface area contributed by atoms with Gasteiger partial charge in [0.2, 0.25) is 0 Å². The van der Waals surface area contributed by atoms with Crippen LogP contribution in [0.5, 0.6) is 0 Å². The van der Waals surface area contributed by atoms with Gasteiger partial charge in [0.1, 0.15) is 0 Å². The molecule has 2 rings (SSSR count). The molecule has 0 heterocycles. The number of hydrogen-bond donors (Lipinski definition) is 1. The maximum absolute atomic E-state index is 3.49. The molecule has 94 valence electrons. The van der Waals surface area contributed by atoms with Crippen LogP contribution in [0.1, 0.15) is 23.1 Å². The summed E-state index contributed by atoms with van der Waals surface area (Å²) in [7, 11) is 0. The molecule has 0 aliphatic heterocycles. The van der Waals surface area contributed by atoms with Crippen molar-refractivity contribution in [2.45, 2.75) is 26.3 Å². The number of benzene rings is 2. The number of hydrogen-bond acceptors (Lipinski definition) is 1. The van der Waals surface area contributed by atoms with Gasteiger partial charge in [0.25, 0.3) is 0 Å². The predicted octanol–water partition coefficient (Wildman–Crippen LogP) is 3.72.